The van der Waals surface area contributed by atoms with Crippen LogP contribution in [0.15, 0.2) is 29.1 Å². The summed E-state index contributed by atoms with van der Waals surface area (Å²) in [6.45, 7) is 2.13. The lowest BCUT2D eigenvalue weighted by atomic mass is 9.54. The van der Waals surface area contributed by atoms with Crippen LogP contribution in [0.1, 0.15) is 86.6 Å². The number of rotatable bonds is 4. The van der Waals surface area contributed by atoms with Crippen LogP contribution in [0, 0.1) is 29.0 Å². The van der Waals surface area contributed by atoms with Crippen LogP contribution in [0.5, 0.6) is 0 Å². The van der Waals surface area contributed by atoms with E-state index in [1.165, 1.54) is 0 Å². The second kappa shape index (κ2) is 8.97. The van der Waals surface area contributed by atoms with Gasteiger partial charge in [0.25, 0.3) is 5.56 Å². The van der Waals surface area contributed by atoms with Crippen LogP contribution in [-0.4, -0.2) is 16.7 Å². The molecule has 2 saturated carbocycles. The molecule has 5 atom stereocenters. The largest absolute Gasteiger partial charge is 0.324 e. The number of aromatic nitrogens is 1. The zero-order chi connectivity index (χ0) is 25.0. The number of benzene rings is 1. The summed E-state index contributed by atoms with van der Waals surface area (Å²) in [4.78, 5) is 41.6. The minimum atomic E-state index is -0.344. The second-order valence-electron chi connectivity index (χ2n) is 11.8. The topological polar surface area (TPSA) is 79.0 Å². The molecule has 2 aromatic rings. The van der Waals surface area contributed by atoms with Crippen LogP contribution < -0.4 is 10.9 Å². The molecule has 190 valence electrons. The van der Waals surface area contributed by atoms with Gasteiger partial charge in [0.05, 0.1) is 0 Å². The zero-order valence-corrected chi connectivity index (χ0v) is 21.0. The number of amides is 1. The molecular formula is C30H35FN2O3. The fourth-order valence-corrected chi connectivity index (χ4v) is 8.20. The van der Waals surface area contributed by atoms with Crippen molar-refractivity contribution in [3.05, 3.63) is 62.8 Å². The van der Waals surface area contributed by atoms with Crippen LogP contribution >= 0.6 is 0 Å². The Hall–Kier alpha value is -2.76. The lowest BCUT2D eigenvalue weighted by Gasteiger charge is -2.50. The summed E-state index contributed by atoms with van der Waals surface area (Å²) < 4.78 is 14.5. The number of hydrogen-bond acceptors (Lipinski definition) is 3. The van der Waals surface area contributed by atoms with E-state index in [0.717, 1.165) is 73.8 Å². The molecular weight excluding hydrogens is 455 g/mol. The minimum Gasteiger partial charge on any atom is -0.324 e. The molecule has 36 heavy (non-hydrogen) atoms. The van der Waals surface area contributed by atoms with E-state index >= 15 is 0 Å². The molecule has 0 spiro atoms. The van der Waals surface area contributed by atoms with Gasteiger partial charge in [0.2, 0.25) is 5.91 Å². The van der Waals surface area contributed by atoms with Crippen molar-refractivity contribution >= 4 is 17.4 Å². The lowest BCUT2D eigenvalue weighted by molar-refractivity contribution is -0.129. The third-order valence-electron chi connectivity index (χ3n) is 9.92. The first-order valence-electron chi connectivity index (χ1n) is 13.7. The molecule has 6 heteroatoms. The third kappa shape index (κ3) is 3.84. The number of H-pyrrole nitrogens is 1. The maximum Gasteiger partial charge on any atom is 0.271 e. The van der Waals surface area contributed by atoms with Gasteiger partial charge in [-0.05, 0) is 110 Å². The van der Waals surface area contributed by atoms with E-state index in [1.807, 2.05) is 12.1 Å². The fourth-order valence-electron chi connectivity index (χ4n) is 8.20. The van der Waals surface area contributed by atoms with Gasteiger partial charge in [-0.25, -0.2) is 4.39 Å². The molecule has 1 aromatic carbocycles. The summed E-state index contributed by atoms with van der Waals surface area (Å²) in [7, 11) is 0. The zero-order valence-electron chi connectivity index (χ0n) is 21.0. The number of carbonyl (C=O) groups excluding carboxylic acids is 2. The summed E-state index contributed by atoms with van der Waals surface area (Å²) >= 11 is 0. The van der Waals surface area contributed by atoms with E-state index in [1.54, 1.807) is 6.07 Å². The van der Waals surface area contributed by atoms with Gasteiger partial charge in [-0.3, -0.25) is 14.4 Å². The molecule has 0 bridgehead atoms. The fraction of sp³-hybridized carbons (Fsp3) is 0.567. The van der Waals surface area contributed by atoms with Gasteiger partial charge in [-0.15, -0.1) is 0 Å². The summed E-state index contributed by atoms with van der Waals surface area (Å²) in [6, 6.07) is 7.29. The van der Waals surface area contributed by atoms with Gasteiger partial charge in [0, 0.05) is 24.0 Å². The number of fused-ring (bicyclic) bond motifs is 6. The average molecular weight is 491 g/mol. The van der Waals surface area contributed by atoms with E-state index in [0.29, 0.717) is 42.6 Å². The Labute approximate surface area is 211 Å². The van der Waals surface area contributed by atoms with Gasteiger partial charge in [0.15, 0.2) is 0 Å². The van der Waals surface area contributed by atoms with E-state index in [2.05, 4.69) is 23.3 Å². The van der Waals surface area contributed by atoms with Crippen molar-refractivity contribution in [3.8, 4) is 0 Å². The number of halogens is 1. The Morgan fingerprint density at radius 2 is 2.00 bits per heavy atom. The number of Topliss-reactive ketones (excluding diaryl/α,β-unsaturated/α-hetero) is 1. The summed E-state index contributed by atoms with van der Waals surface area (Å²) in [6.07, 6.45) is 8.82. The highest BCUT2D eigenvalue weighted by molar-refractivity contribution is 5.91. The van der Waals surface area contributed by atoms with Crippen molar-refractivity contribution in [2.75, 3.05) is 5.32 Å². The Morgan fingerprint density at radius 3 is 2.86 bits per heavy atom. The molecule has 4 aliphatic rings. The quantitative estimate of drug-likeness (QED) is 0.597. The highest BCUT2D eigenvalue weighted by atomic mass is 19.1. The van der Waals surface area contributed by atoms with Crippen molar-refractivity contribution in [2.45, 2.75) is 83.5 Å². The molecule has 0 radical (unpaired) electrons. The van der Waals surface area contributed by atoms with E-state index in [4.69, 9.17) is 0 Å². The van der Waals surface area contributed by atoms with Crippen molar-refractivity contribution in [2.24, 2.45) is 23.2 Å². The van der Waals surface area contributed by atoms with Gasteiger partial charge in [-0.2, -0.15) is 0 Å². The molecule has 4 aliphatic carbocycles. The van der Waals surface area contributed by atoms with Crippen molar-refractivity contribution in [3.63, 3.8) is 0 Å². The molecule has 1 aromatic heterocycles. The van der Waals surface area contributed by atoms with Crippen LogP contribution in [0.4, 0.5) is 10.1 Å². The number of pyridine rings is 1. The Kier molecular flexibility index (Phi) is 5.88. The summed E-state index contributed by atoms with van der Waals surface area (Å²) in [5.41, 5.74) is 3.86. The SMILES string of the molecule is C[C@]12CCC3c4cccc(F)c4CCC3C1[C@H](CCC(=O)Nc1cc3c([nH]c1=O)CCCC3)CC2=O. The Balaban J connectivity index is 1.18. The van der Waals surface area contributed by atoms with Gasteiger partial charge >= 0.3 is 0 Å². The highest BCUT2D eigenvalue weighted by Gasteiger charge is 2.58. The highest BCUT2D eigenvalue weighted by Crippen LogP contribution is 2.62. The third-order valence-corrected chi connectivity index (χ3v) is 9.92. The maximum absolute atomic E-state index is 14.5. The molecule has 1 amide bonds. The van der Waals surface area contributed by atoms with E-state index < -0.39 is 0 Å². The van der Waals surface area contributed by atoms with Crippen LogP contribution in [0.25, 0.3) is 0 Å². The molecule has 2 N–H and O–H groups in total. The monoisotopic (exact) mass is 490 g/mol. The second-order valence-corrected chi connectivity index (χ2v) is 11.8. The molecule has 6 rings (SSSR count). The van der Waals surface area contributed by atoms with Gasteiger partial charge in [0.1, 0.15) is 17.3 Å². The molecule has 1 heterocycles. The number of anilines is 1. The van der Waals surface area contributed by atoms with Gasteiger partial charge in [-0.1, -0.05) is 19.1 Å². The van der Waals surface area contributed by atoms with Crippen LogP contribution in [-0.2, 0) is 28.9 Å². The van der Waals surface area contributed by atoms with Crippen LogP contribution in [0.3, 0.4) is 0 Å². The van der Waals surface area contributed by atoms with Crippen LogP contribution in [0.2, 0.25) is 0 Å². The lowest BCUT2D eigenvalue weighted by Crippen LogP contribution is -2.44. The van der Waals surface area contributed by atoms with Gasteiger partial charge < -0.3 is 10.3 Å². The summed E-state index contributed by atoms with van der Waals surface area (Å²) in [5.74, 6) is 1.07. The molecule has 3 unspecified atom stereocenters. The van der Waals surface area contributed by atoms with Crippen molar-refractivity contribution < 1.29 is 14.0 Å². The predicted octanol–water partition coefficient (Wildman–Crippen LogP) is 5.46. The number of hydrogen-bond donors (Lipinski definition) is 2. The number of carbonyl (C=O) groups is 2. The number of aromatic amines is 1. The van der Waals surface area contributed by atoms with E-state index in [9.17, 15) is 18.8 Å². The standard InChI is InChI=1S/C30H35FN2O3/c1-30-14-13-20-19-6-4-7-23(31)21(19)10-11-22(20)28(30)18(16-26(30)34)9-12-27(35)32-25-15-17-5-2-3-8-24(17)33-29(25)36/h4,6-7,15,18,20,22,28H,2-3,5,8-14,16H2,1H3,(H,32,35)(H,33,36)/t18-,20?,22?,28?,30-/m1/s1. The first-order chi connectivity index (χ1) is 17.3. The summed E-state index contributed by atoms with van der Waals surface area (Å²) in [5, 5.41) is 2.84. The number of aryl methyl sites for hydroxylation is 2. The average Bonchev–Trinajstić information content (AvgIpc) is 3.13. The maximum atomic E-state index is 14.5. The molecule has 0 aliphatic heterocycles. The Morgan fingerprint density at radius 1 is 1.17 bits per heavy atom. The molecule has 5 nitrogen and oxygen atoms in total. The molecule has 2 fully saturated rings. The van der Waals surface area contributed by atoms with E-state index in [-0.39, 0.29) is 34.5 Å². The number of nitrogens with one attached hydrogen (secondary N) is 2. The normalized spacial score (nSPS) is 30.7. The predicted molar refractivity (Wildman–Crippen MR) is 136 cm³/mol. The number of ketones is 1. The Bertz CT molecular complexity index is 1280. The first-order valence-corrected chi connectivity index (χ1v) is 13.7. The molecule has 0 saturated heterocycles. The minimum absolute atomic E-state index is 0.104. The van der Waals surface area contributed by atoms with Crippen molar-refractivity contribution in [1.29, 1.82) is 0 Å². The smallest absolute Gasteiger partial charge is 0.271 e. The first kappa shape index (κ1) is 23.6. The van der Waals surface area contributed by atoms with Crippen molar-refractivity contribution in [1.82, 2.24) is 4.98 Å².